The van der Waals surface area contributed by atoms with E-state index in [0.717, 1.165) is 44.4 Å². The minimum Gasteiger partial charge on any atom is -0.497 e. The number of nitrogens with zero attached hydrogens (tertiary/aromatic N) is 5. The Morgan fingerprint density at radius 2 is 1.75 bits per heavy atom. The number of fused-ring (bicyclic) bond motifs is 1. The summed E-state index contributed by atoms with van der Waals surface area (Å²) in [4.78, 5) is 8.66. The Bertz CT molecular complexity index is 1370. The molecule has 3 aromatic heterocycles. The molecule has 3 heterocycles. The molecule has 0 aliphatic carbocycles. The first kappa shape index (κ1) is 20.5. The standard InChI is InChI=1S/C24H18ClN5OS/c1-31-19-7-5-18(6-8-19)30-23(16-10-13-26-14-11-16)28-29-24(30)32-15-17-4-9-21(25)20-3-2-12-27-22(17)20/h2-14H,15H2,1H3. The van der Waals surface area contributed by atoms with Gasteiger partial charge in [-0.3, -0.25) is 14.5 Å². The summed E-state index contributed by atoms with van der Waals surface area (Å²) in [5.74, 6) is 2.22. The minimum atomic E-state index is 0.676. The molecule has 0 N–H and O–H groups in total. The monoisotopic (exact) mass is 459 g/mol. The van der Waals surface area contributed by atoms with Gasteiger partial charge in [-0.1, -0.05) is 29.4 Å². The van der Waals surface area contributed by atoms with Crippen LogP contribution in [0.15, 0.2) is 84.4 Å². The van der Waals surface area contributed by atoms with Gasteiger partial charge in [-0.2, -0.15) is 0 Å². The van der Waals surface area contributed by atoms with E-state index < -0.39 is 0 Å². The van der Waals surface area contributed by atoms with Crippen molar-refractivity contribution in [3.8, 4) is 22.8 Å². The summed E-state index contributed by atoms with van der Waals surface area (Å²) >= 11 is 7.96. The SMILES string of the molecule is COc1ccc(-n2c(SCc3ccc(Cl)c4cccnc34)nnc2-c2ccncc2)cc1. The van der Waals surface area contributed by atoms with Crippen LogP contribution in [0.4, 0.5) is 0 Å². The summed E-state index contributed by atoms with van der Waals surface area (Å²) in [6.45, 7) is 0. The van der Waals surface area contributed by atoms with Crippen molar-refractivity contribution < 1.29 is 4.74 Å². The normalized spacial score (nSPS) is 11.1. The van der Waals surface area contributed by atoms with Crippen molar-refractivity contribution in [3.05, 3.63) is 89.8 Å². The fraction of sp³-hybridized carbons (Fsp3) is 0.0833. The van der Waals surface area contributed by atoms with Crippen molar-refractivity contribution >= 4 is 34.3 Å². The van der Waals surface area contributed by atoms with E-state index in [0.29, 0.717) is 10.8 Å². The van der Waals surface area contributed by atoms with E-state index in [9.17, 15) is 0 Å². The van der Waals surface area contributed by atoms with Crippen molar-refractivity contribution in [1.29, 1.82) is 0 Å². The molecule has 158 valence electrons. The molecule has 8 heteroatoms. The first-order chi connectivity index (χ1) is 15.7. The van der Waals surface area contributed by atoms with Gasteiger partial charge in [0.25, 0.3) is 0 Å². The maximum atomic E-state index is 6.36. The van der Waals surface area contributed by atoms with E-state index in [1.807, 2.05) is 65.2 Å². The van der Waals surface area contributed by atoms with E-state index in [2.05, 4.69) is 20.2 Å². The molecule has 0 fully saturated rings. The topological polar surface area (TPSA) is 65.7 Å². The van der Waals surface area contributed by atoms with E-state index >= 15 is 0 Å². The van der Waals surface area contributed by atoms with Crippen LogP contribution in [0.2, 0.25) is 5.02 Å². The van der Waals surface area contributed by atoms with Gasteiger partial charge < -0.3 is 4.74 Å². The van der Waals surface area contributed by atoms with Crippen LogP contribution in [-0.4, -0.2) is 31.8 Å². The molecule has 0 unspecified atom stereocenters. The third-order valence-electron chi connectivity index (χ3n) is 5.06. The number of hydrogen-bond acceptors (Lipinski definition) is 6. The third kappa shape index (κ3) is 3.92. The van der Waals surface area contributed by atoms with Gasteiger partial charge in [0.05, 0.1) is 12.6 Å². The fourth-order valence-corrected chi connectivity index (χ4v) is 4.62. The minimum absolute atomic E-state index is 0.676. The number of methoxy groups -OCH3 is 1. The van der Waals surface area contributed by atoms with Gasteiger partial charge in [0, 0.05) is 46.0 Å². The molecule has 0 spiro atoms. The molecule has 0 bridgehead atoms. The molecule has 0 saturated carbocycles. The Morgan fingerprint density at radius 1 is 0.938 bits per heavy atom. The summed E-state index contributed by atoms with van der Waals surface area (Å²) in [6.07, 6.45) is 5.29. The molecule has 2 aromatic carbocycles. The van der Waals surface area contributed by atoms with Crippen LogP contribution in [0, 0.1) is 0 Å². The number of thioether (sulfide) groups is 1. The Hall–Kier alpha value is -3.42. The second-order valence-corrected chi connectivity index (χ2v) is 8.32. The van der Waals surface area contributed by atoms with Crippen molar-refractivity contribution in [3.63, 3.8) is 0 Å². The third-order valence-corrected chi connectivity index (χ3v) is 6.37. The molecule has 0 atom stereocenters. The molecule has 32 heavy (non-hydrogen) atoms. The summed E-state index contributed by atoms with van der Waals surface area (Å²) in [5.41, 5.74) is 3.88. The highest BCUT2D eigenvalue weighted by Crippen LogP contribution is 2.33. The largest absolute Gasteiger partial charge is 0.497 e. The zero-order valence-electron chi connectivity index (χ0n) is 17.1. The van der Waals surface area contributed by atoms with Gasteiger partial charge in [0.1, 0.15) is 5.75 Å². The molecule has 6 nitrogen and oxygen atoms in total. The van der Waals surface area contributed by atoms with Crippen LogP contribution >= 0.6 is 23.4 Å². The van der Waals surface area contributed by atoms with Crippen LogP contribution in [0.1, 0.15) is 5.56 Å². The van der Waals surface area contributed by atoms with E-state index in [4.69, 9.17) is 16.3 Å². The Morgan fingerprint density at radius 3 is 2.53 bits per heavy atom. The van der Waals surface area contributed by atoms with Gasteiger partial charge >= 0.3 is 0 Å². The average Bonchev–Trinajstić information content (AvgIpc) is 3.28. The molecule has 0 saturated heterocycles. The van der Waals surface area contributed by atoms with Crippen molar-refractivity contribution in [2.45, 2.75) is 10.9 Å². The van der Waals surface area contributed by atoms with Crippen molar-refractivity contribution in [2.24, 2.45) is 0 Å². The lowest BCUT2D eigenvalue weighted by Gasteiger charge is -2.12. The first-order valence-electron chi connectivity index (χ1n) is 9.90. The zero-order valence-corrected chi connectivity index (χ0v) is 18.7. The summed E-state index contributed by atoms with van der Waals surface area (Å²) in [6, 6.07) is 19.5. The molecule has 0 aliphatic heterocycles. The molecular formula is C24H18ClN5OS. The number of benzene rings is 2. The number of rotatable bonds is 6. The predicted molar refractivity (Wildman–Crippen MR) is 127 cm³/mol. The number of pyridine rings is 2. The highest BCUT2D eigenvalue weighted by molar-refractivity contribution is 7.98. The number of hydrogen-bond donors (Lipinski definition) is 0. The molecule has 0 aliphatic rings. The maximum Gasteiger partial charge on any atom is 0.196 e. The second kappa shape index (κ2) is 8.98. The Kier molecular flexibility index (Phi) is 5.75. The van der Waals surface area contributed by atoms with E-state index in [-0.39, 0.29) is 0 Å². The highest BCUT2D eigenvalue weighted by Gasteiger charge is 2.17. The lowest BCUT2D eigenvalue weighted by molar-refractivity contribution is 0.414. The van der Waals surface area contributed by atoms with Gasteiger partial charge in [-0.25, -0.2) is 0 Å². The zero-order chi connectivity index (χ0) is 21.9. The lowest BCUT2D eigenvalue weighted by Crippen LogP contribution is -2.00. The average molecular weight is 460 g/mol. The maximum absolute atomic E-state index is 6.36. The van der Waals surface area contributed by atoms with Gasteiger partial charge in [0.15, 0.2) is 11.0 Å². The lowest BCUT2D eigenvalue weighted by atomic mass is 10.1. The van der Waals surface area contributed by atoms with Gasteiger partial charge in [0.2, 0.25) is 0 Å². The van der Waals surface area contributed by atoms with Crippen LogP contribution < -0.4 is 4.74 Å². The number of halogens is 1. The number of ether oxygens (including phenoxy) is 1. The summed E-state index contributed by atoms with van der Waals surface area (Å²) in [5, 5.41) is 11.4. The predicted octanol–water partition coefficient (Wildman–Crippen LogP) is 5.83. The van der Waals surface area contributed by atoms with Gasteiger partial charge in [-0.15, -0.1) is 10.2 Å². The molecular weight excluding hydrogens is 442 g/mol. The molecule has 5 rings (SSSR count). The second-order valence-electron chi connectivity index (χ2n) is 6.97. The van der Waals surface area contributed by atoms with E-state index in [1.54, 1.807) is 37.5 Å². The number of aromatic nitrogens is 5. The summed E-state index contributed by atoms with van der Waals surface area (Å²) in [7, 11) is 1.65. The Labute approximate surface area is 194 Å². The van der Waals surface area contributed by atoms with Crippen molar-refractivity contribution in [1.82, 2.24) is 24.7 Å². The highest BCUT2D eigenvalue weighted by atomic mass is 35.5. The fourth-order valence-electron chi connectivity index (χ4n) is 3.47. The van der Waals surface area contributed by atoms with Crippen LogP contribution in [-0.2, 0) is 5.75 Å². The first-order valence-corrected chi connectivity index (χ1v) is 11.3. The van der Waals surface area contributed by atoms with E-state index in [1.165, 1.54) is 0 Å². The van der Waals surface area contributed by atoms with Crippen LogP contribution in [0.5, 0.6) is 5.75 Å². The van der Waals surface area contributed by atoms with Crippen molar-refractivity contribution in [2.75, 3.05) is 7.11 Å². The quantitative estimate of drug-likeness (QED) is 0.297. The van der Waals surface area contributed by atoms with Crippen LogP contribution in [0.25, 0.3) is 28.0 Å². The van der Waals surface area contributed by atoms with Crippen LogP contribution in [0.3, 0.4) is 0 Å². The smallest absolute Gasteiger partial charge is 0.196 e. The molecule has 0 radical (unpaired) electrons. The molecule has 0 amide bonds. The van der Waals surface area contributed by atoms with Gasteiger partial charge in [-0.05, 0) is 60.2 Å². The molecule has 5 aromatic rings. The summed E-state index contributed by atoms with van der Waals surface area (Å²) < 4.78 is 7.36. The Balaban J connectivity index is 1.54.